The van der Waals surface area contributed by atoms with Crippen LogP contribution in [0.3, 0.4) is 0 Å². The maximum Gasteiger partial charge on any atom is 0.105 e. The fourth-order valence-electron chi connectivity index (χ4n) is 4.51. The molecule has 3 nitrogen and oxygen atoms in total. The van der Waals surface area contributed by atoms with E-state index in [1.807, 2.05) is 0 Å². The molecular weight excluding hydrogens is 330 g/mol. The van der Waals surface area contributed by atoms with E-state index >= 15 is 0 Å². The third kappa shape index (κ3) is 3.21. The van der Waals surface area contributed by atoms with Crippen molar-refractivity contribution in [3.8, 4) is 0 Å². The van der Waals surface area contributed by atoms with Gasteiger partial charge in [0.15, 0.2) is 0 Å². The second kappa shape index (κ2) is 6.64. The Morgan fingerprint density at radius 1 is 1.35 bits per heavy atom. The Morgan fingerprint density at radius 3 is 2.96 bits per heavy atom. The minimum Gasteiger partial charge on any atom is -0.381 e. The minimum atomic E-state index is -0.0724. The van der Waals surface area contributed by atoms with Crippen LogP contribution in [0.1, 0.15) is 43.0 Å². The molecule has 1 aromatic rings. The predicted octanol–water partition coefficient (Wildman–Crippen LogP) is 4.08. The lowest BCUT2D eigenvalue weighted by Crippen LogP contribution is -2.51. The molecule has 1 aromatic heterocycles. The van der Waals surface area contributed by atoms with Gasteiger partial charge in [0.1, 0.15) is 5.60 Å². The summed E-state index contributed by atoms with van der Waals surface area (Å²) in [7, 11) is 0. The highest BCUT2D eigenvalue weighted by Crippen LogP contribution is 2.48. The van der Waals surface area contributed by atoms with E-state index in [1.165, 1.54) is 29.8 Å². The van der Waals surface area contributed by atoms with Gasteiger partial charge < -0.3 is 14.4 Å². The van der Waals surface area contributed by atoms with Gasteiger partial charge in [0.2, 0.25) is 0 Å². The third-order valence-electron chi connectivity index (χ3n) is 5.83. The molecule has 1 spiro atoms. The largest absolute Gasteiger partial charge is 0.381 e. The zero-order valence-corrected chi connectivity index (χ0v) is 15.4. The first-order valence-electron chi connectivity index (χ1n) is 8.91. The maximum absolute atomic E-state index is 6.36. The van der Waals surface area contributed by atoms with E-state index in [-0.39, 0.29) is 5.60 Å². The molecule has 3 aliphatic rings. The van der Waals surface area contributed by atoms with E-state index in [9.17, 15) is 0 Å². The van der Waals surface area contributed by atoms with Crippen molar-refractivity contribution in [2.75, 3.05) is 32.9 Å². The zero-order chi connectivity index (χ0) is 15.9. The maximum atomic E-state index is 6.36. The summed E-state index contributed by atoms with van der Waals surface area (Å²) in [6, 6.07) is 2.73. The fourth-order valence-corrected chi connectivity index (χ4v) is 5.99. The summed E-state index contributed by atoms with van der Waals surface area (Å²) in [6.07, 6.45) is 5.65. The Labute approximate surface area is 147 Å². The Balaban J connectivity index is 1.46. The van der Waals surface area contributed by atoms with Crippen LogP contribution >= 0.6 is 22.9 Å². The molecule has 0 aliphatic carbocycles. The smallest absolute Gasteiger partial charge is 0.105 e. The molecule has 2 atom stereocenters. The Kier molecular flexibility index (Phi) is 4.72. The van der Waals surface area contributed by atoms with Crippen molar-refractivity contribution >= 4 is 22.9 Å². The Morgan fingerprint density at radius 2 is 2.17 bits per heavy atom. The van der Waals surface area contributed by atoms with Crippen molar-refractivity contribution in [2.45, 2.75) is 50.7 Å². The molecule has 0 saturated carbocycles. The normalized spacial score (nSPS) is 33.0. The highest BCUT2D eigenvalue weighted by molar-refractivity contribution is 7.16. The number of hydrogen-bond donors (Lipinski definition) is 0. The molecule has 23 heavy (non-hydrogen) atoms. The van der Waals surface area contributed by atoms with Crippen molar-refractivity contribution in [2.24, 2.45) is 5.92 Å². The van der Waals surface area contributed by atoms with Crippen LogP contribution in [0.4, 0.5) is 0 Å². The number of piperidine rings is 1. The third-order valence-corrected chi connectivity index (χ3v) is 7.32. The van der Waals surface area contributed by atoms with Crippen LogP contribution in [0.15, 0.2) is 6.07 Å². The van der Waals surface area contributed by atoms with Gasteiger partial charge in [-0.3, -0.25) is 0 Å². The SMILES string of the molecule is C[C@H]1C[C@@]2(CCN1CC1CCOCC1)OCCc1cc(Cl)sc12. The molecule has 0 radical (unpaired) electrons. The van der Waals surface area contributed by atoms with Gasteiger partial charge in [-0.05, 0) is 56.6 Å². The zero-order valence-electron chi connectivity index (χ0n) is 13.9. The highest BCUT2D eigenvalue weighted by atomic mass is 35.5. The van der Waals surface area contributed by atoms with Gasteiger partial charge >= 0.3 is 0 Å². The van der Waals surface area contributed by atoms with Gasteiger partial charge in [0, 0.05) is 37.2 Å². The average Bonchev–Trinajstić information content (AvgIpc) is 2.94. The van der Waals surface area contributed by atoms with E-state index < -0.39 is 0 Å². The molecule has 3 aliphatic heterocycles. The summed E-state index contributed by atoms with van der Waals surface area (Å²) in [4.78, 5) is 4.08. The second-order valence-electron chi connectivity index (χ2n) is 7.35. The minimum absolute atomic E-state index is 0.0724. The number of thiophene rings is 1. The van der Waals surface area contributed by atoms with E-state index in [0.717, 1.165) is 55.9 Å². The summed E-state index contributed by atoms with van der Waals surface area (Å²) in [5.74, 6) is 0.805. The summed E-state index contributed by atoms with van der Waals surface area (Å²) in [5, 5.41) is 0. The van der Waals surface area contributed by atoms with Crippen molar-refractivity contribution in [3.05, 3.63) is 20.8 Å². The second-order valence-corrected chi connectivity index (χ2v) is 9.03. The van der Waals surface area contributed by atoms with Crippen LogP contribution in [0.5, 0.6) is 0 Å². The molecule has 4 rings (SSSR count). The lowest BCUT2D eigenvalue weighted by molar-refractivity contribution is -0.112. The molecule has 0 aromatic carbocycles. The molecule has 0 N–H and O–H groups in total. The van der Waals surface area contributed by atoms with Crippen LogP contribution in [-0.4, -0.2) is 43.9 Å². The first-order chi connectivity index (χ1) is 11.2. The number of fused-ring (bicyclic) bond motifs is 2. The molecular formula is C18H26ClNO2S. The van der Waals surface area contributed by atoms with Gasteiger partial charge in [0.05, 0.1) is 10.9 Å². The molecule has 2 fully saturated rings. The number of nitrogens with zero attached hydrogens (tertiary/aromatic N) is 1. The Hall–Kier alpha value is -0.130. The molecule has 0 unspecified atom stereocenters. The Bertz CT molecular complexity index is 557. The number of likely N-dealkylation sites (tertiary alicyclic amines) is 1. The van der Waals surface area contributed by atoms with E-state index in [4.69, 9.17) is 21.1 Å². The van der Waals surface area contributed by atoms with E-state index in [1.54, 1.807) is 11.3 Å². The summed E-state index contributed by atoms with van der Waals surface area (Å²) in [5.41, 5.74) is 1.35. The first kappa shape index (κ1) is 16.3. The summed E-state index contributed by atoms with van der Waals surface area (Å²) < 4.78 is 12.8. The van der Waals surface area contributed by atoms with E-state index in [2.05, 4.69) is 17.9 Å². The molecule has 128 valence electrons. The summed E-state index contributed by atoms with van der Waals surface area (Å²) in [6.45, 7) is 7.44. The van der Waals surface area contributed by atoms with Crippen molar-refractivity contribution in [1.82, 2.24) is 4.90 Å². The lowest BCUT2D eigenvalue weighted by atomic mass is 9.81. The van der Waals surface area contributed by atoms with Gasteiger partial charge in [-0.2, -0.15) is 0 Å². The quantitative estimate of drug-likeness (QED) is 0.797. The molecule has 5 heteroatoms. The topological polar surface area (TPSA) is 21.7 Å². The van der Waals surface area contributed by atoms with Crippen LogP contribution in [0.2, 0.25) is 4.34 Å². The monoisotopic (exact) mass is 355 g/mol. The molecule has 4 heterocycles. The predicted molar refractivity (Wildman–Crippen MR) is 94.5 cm³/mol. The van der Waals surface area contributed by atoms with Crippen molar-refractivity contribution in [3.63, 3.8) is 0 Å². The van der Waals surface area contributed by atoms with Crippen molar-refractivity contribution in [1.29, 1.82) is 0 Å². The van der Waals surface area contributed by atoms with Crippen molar-refractivity contribution < 1.29 is 9.47 Å². The summed E-state index contributed by atoms with van der Waals surface area (Å²) >= 11 is 8.03. The van der Waals surface area contributed by atoms with Gasteiger partial charge in [-0.1, -0.05) is 11.6 Å². The van der Waals surface area contributed by atoms with Gasteiger partial charge in [0.25, 0.3) is 0 Å². The van der Waals surface area contributed by atoms with Crippen LogP contribution in [0, 0.1) is 5.92 Å². The van der Waals surface area contributed by atoms with Crippen LogP contribution in [0.25, 0.3) is 0 Å². The van der Waals surface area contributed by atoms with Crippen LogP contribution < -0.4 is 0 Å². The molecule has 0 bridgehead atoms. The number of hydrogen-bond acceptors (Lipinski definition) is 4. The van der Waals surface area contributed by atoms with Gasteiger partial charge in [-0.25, -0.2) is 0 Å². The standard InChI is InChI=1S/C18H26ClNO2S/c1-13-11-18(17-15(4-9-22-18)10-16(19)23-17)5-6-20(13)12-14-2-7-21-8-3-14/h10,13-14H,2-9,11-12H2,1H3/t13-,18+/m0/s1. The first-order valence-corrected chi connectivity index (χ1v) is 10.1. The van der Waals surface area contributed by atoms with Gasteiger partial charge in [-0.15, -0.1) is 11.3 Å². The number of halogens is 1. The highest BCUT2D eigenvalue weighted by Gasteiger charge is 2.45. The average molecular weight is 356 g/mol. The fraction of sp³-hybridized carbons (Fsp3) is 0.778. The number of rotatable bonds is 2. The van der Waals surface area contributed by atoms with Crippen LogP contribution in [-0.2, 0) is 21.5 Å². The molecule has 0 amide bonds. The lowest BCUT2D eigenvalue weighted by Gasteiger charge is -2.48. The van der Waals surface area contributed by atoms with E-state index in [0.29, 0.717) is 6.04 Å². The number of ether oxygens (including phenoxy) is 2. The molecule has 2 saturated heterocycles.